The third-order valence-electron chi connectivity index (χ3n) is 3.69. The molecule has 2 rings (SSSR count). The fourth-order valence-corrected chi connectivity index (χ4v) is 2.61. The van der Waals surface area contributed by atoms with Gasteiger partial charge in [-0.05, 0) is 52.5 Å². The van der Waals surface area contributed by atoms with Gasteiger partial charge in [-0.2, -0.15) is 4.98 Å². The molecule has 0 spiro atoms. The van der Waals surface area contributed by atoms with Gasteiger partial charge in [-0.25, -0.2) is 9.78 Å². The first-order valence-electron chi connectivity index (χ1n) is 8.12. The van der Waals surface area contributed by atoms with E-state index in [1.165, 1.54) is 0 Å². The van der Waals surface area contributed by atoms with E-state index >= 15 is 0 Å². The highest BCUT2D eigenvalue weighted by molar-refractivity contribution is 5.68. The first kappa shape index (κ1) is 17.3. The van der Waals surface area contributed by atoms with Crippen molar-refractivity contribution in [1.29, 1.82) is 0 Å². The van der Waals surface area contributed by atoms with Gasteiger partial charge < -0.3 is 20.7 Å². The Morgan fingerprint density at radius 1 is 1.22 bits per heavy atom. The number of rotatable bonds is 4. The number of hydrogen-bond acceptors (Lipinski definition) is 6. The Hall–Kier alpha value is -2.05. The lowest BCUT2D eigenvalue weighted by molar-refractivity contribution is 0.0492. The molecule has 1 aliphatic carbocycles. The monoisotopic (exact) mass is 321 g/mol. The summed E-state index contributed by atoms with van der Waals surface area (Å²) in [6.07, 6.45) is 5.17. The summed E-state index contributed by atoms with van der Waals surface area (Å²) in [5.41, 5.74) is -0.460. The molecule has 1 heterocycles. The van der Waals surface area contributed by atoms with Crippen LogP contribution in [0.3, 0.4) is 0 Å². The molecule has 1 aromatic rings. The third-order valence-corrected chi connectivity index (χ3v) is 3.69. The fourth-order valence-electron chi connectivity index (χ4n) is 2.61. The standard InChI is InChI=1S/C16H27N5O2/c1-16(2,3)23-15(22)20-12-7-5-11(6-8-12)19-14-18-10-9-13(17-4)21-14/h9-12H,5-8H2,1-4H3,(H,20,22)(H2,17,18,19,21)/t11-,12+. The average Bonchev–Trinajstić information content (AvgIpc) is 2.47. The molecular weight excluding hydrogens is 294 g/mol. The van der Waals surface area contributed by atoms with Gasteiger partial charge in [0.1, 0.15) is 11.4 Å². The highest BCUT2D eigenvalue weighted by Crippen LogP contribution is 2.22. The molecule has 1 amide bonds. The topological polar surface area (TPSA) is 88.2 Å². The average molecular weight is 321 g/mol. The summed E-state index contributed by atoms with van der Waals surface area (Å²) in [7, 11) is 1.83. The highest BCUT2D eigenvalue weighted by atomic mass is 16.6. The molecule has 0 bridgehead atoms. The lowest BCUT2D eigenvalue weighted by atomic mass is 9.91. The summed E-state index contributed by atoms with van der Waals surface area (Å²) in [5.74, 6) is 1.43. The number of ether oxygens (including phenoxy) is 1. The van der Waals surface area contributed by atoms with E-state index in [2.05, 4.69) is 25.9 Å². The van der Waals surface area contributed by atoms with Crippen molar-refractivity contribution in [1.82, 2.24) is 15.3 Å². The molecule has 1 saturated carbocycles. The summed E-state index contributed by atoms with van der Waals surface area (Å²) >= 11 is 0. The normalized spacial score (nSPS) is 21.4. The Balaban J connectivity index is 1.76. The second-order valence-electron chi connectivity index (χ2n) is 6.85. The van der Waals surface area contributed by atoms with Crippen LogP contribution in [0.25, 0.3) is 0 Å². The molecule has 7 heteroatoms. The summed E-state index contributed by atoms with van der Waals surface area (Å²) < 4.78 is 5.30. The van der Waals surface area contributed by atoms with Crippen molar-refractivity contribution in [3.05, 3.63) is 12.3 Å². The van der Waals surface area contributed by atoms with E-state index in [0.29, 0.717) is 12.0 Å². The van der Waals surface area contributed by atoms with E-state index in [-0.39, 0.29) is 12.1 Å². The lowest BCUT2D eigenvalue weighted by Gasteiger charge is -2.30. The maximum absolute atomic E-state index is 11.8. The van der Waals surface area contributed by atoms with Gasteiger partial charge in [-0.15, -0.1) is 0 Å². The second kappa shape index (κ2) is 7.48. The van der Waals surface area contributed by atoms with Crippen LogP contribution in [-0.4, -0.2) is 40.8 Å². The summed E-state index contributed by atoms with van der Waals surface area (Å²) in [6.45, 7) is 5.60. The van der Waals surface area contributed by atoms with E-state index < -0.39 is 5.60 Å². The van der Waals surface area contributed by atoms with Crippen LogP contribution in [0.1, 0.15) is 46.5 Å². The van der Waals surface area contributed by atoms with Crippen LogP contribution in [0.5, 0.6) is 0 Å². The van der Waals surface area contributed by atoms with Gasteiger partial charge in [0, 0.05) is 25.3 Å². The Kier molecular flexibility index (Phi) is 5.63. The van der Waals surface area contributed by atoms with Gasteiger partial charge in [-0.1, -0.05) is 0 Å². The molecule has 3 N–H and O–H groups in total. The van der Waals surface area contributed by atoms with Crippen LogP contribution >= 0.6 is 0 Å². The van der Waals surface area contributed by atoms with Gasteiger partial charge >= 0.3 is 6.09 Å². The van der Waals surface area contributed by atoms with Crippen molar-refractivity contribution in [2.24, 2.45) is 0 Å². The predicted molar refractivity (Wildman–Crippen MR) is 90.6 cm³/mol. The van der Waals surface area contributed by atoms with Crippen molar-refractivity contribution in [3.63, 3.8) is 0 Å². The van der Waals surface area contributed by atoms with E-state index in [0.717, 1.165) is 31.5 Å². The van der Waals surface area contributed by atoms with Crippen LogP contribution in [0, 0.1) is 0 Å². The highest BCUT2D eigenvalue weighted by Gasteiger charge is 2.25. The molecule has 0 unspecified atom stereocenters. The zero-order valence-corrected chi connectivity index (χ0v) is 14.3. The van der Waals surface area contributed by atoms with Crippen molar-refractivity contribution in [3.8, 4) is 0 Å². The minimum Gasteiger partial charge on any atom is -0.444 e. The largest absolute Gasteiger partial charge is 0.444 e. The Labute approximate surface area is 137 Å². The SMILES string of the molecule is CNc1ccnc(N[C@H]2CC[C@@H](NC(=O)OC(C)(C)C)CC2)n1. The Morgan fingerprint density at radius 3 is 2.48 bits per heavy atom. The van der Waals surface area contributed by atoms with Gasteiger partial charge in [0.15, 0.2) is 0 Å². The first-order valence-corrected chi connectivity index (χ1v) is 8.12. The zero-order valence-electron chi connectivity index (χ0n) is 14.3. The van der Waals surface area contributed by atoms with E-state index in [1.54, 1.807) is 6.20 Å². The molecule has 0 aromatic carbocycles. The van der Waals surface area contributed by atoms with Crippen molar-refractivity contribution in [2.45, 2.75) is 64.1 Å². The van der Waals surface area contributed by atoms with Crippen LogP contribution in [0.2, 0.25) is 0 Å². The number of amides is 1. The minimum atomic E-state index is -0.460. The molecule has 0 aliphatic heterocycles. The van der Waals surface area contributed by atoms with Crippen LogP contribution in [0.4, 0.5) is 16.6 Å². The summed E-state index contributed by atoms with van der Waals surface area (Å²) in [4.78, 5) is 20.4. The molecular formula is C16H27N5O2. The molecule has 23 heavy (non-hydrogen) atoms. The molecule has 0 saturated heterocycles. The van der Waals surface area contributed by atoms with E-state index in [9.17, 15) is 4.79 Å². The molecule has 1 aliphatic rings. The zero-order chi connectivity index (χ0) is 16.9. The Morgan fingerprint density at radius 2 is 1.87 bits per heavy atom. The molecule has 1 aromatic heterocycles. The molecule has 0 radical (unpaired) electrons. The minimum absolute atomic E-state index is 0.174. The number of carbonyl (C=O) groups excluding carboxylic acids is 1. The number of nitrogens with zero attached hydrogens (tertiary/aromatic N) is 2. The fraction of sp³-hybridized carbons (Fsp3) is 0.688. The summed E-state index contributed by atoms with van der Waals surface area (Å²) in [6, 6.07) is 2.33. The molecule has 128 valence electrons. The first-order chi connectivity index (χ1) is 10.9. The van der Waals surface area contributed by atoms with E-state index in [4.69, 9.17) is 4.74 Å². The smallest absolute Gasteiger partial charge is 0.407 e. The van der Waals surface area contributed by atoms with Crippen LogP contribution in [0.15, 0.2) is 12.3 Å². The number of hydrogen-bond donors (Lipinski definition) is 3. The number of alkyl carbamates (subject to hydrolysis) is 1. The second-order valence-corrected chi connectivity index (χ2v) is 6.85. The summed E-state index contributed by atoms with van der Waals surface area (Å²) in [5, 5.41) is 9.31. The quantitative estimate of drug-likeness (QED) is 0.790. The number of nitrogens with one attached hydrogen (secondary N) is 3. The van der Waals surface area contributed by atoms with Gasteiger partial charge in [0.25, 0.3) is 0 Å². The lowest BCUT2D eigenvalue weighted by Crippen LogP contribution is -2.42. The molecule has 0 atom stereocenters. The third kappa shape index (κ3) is 5.92. The van der Waals surface area contributed by atoms with Crippen LogP contribution < -0.4 is 16.0 Å². The maximum Gasteiger partial charge on any atom is 0.407 e. The van der Waals surface area contributed by atoms with Gasteiger partial charge in [0.2, 0.25) is 5.95 Å². The number of carbonyl (C=O) groups is 1. The Bertz CT molecular complexity index is 521. The predicted octanol–water partition coefficient (Wildman–Crippen LogP) is 2.77. The van der Waals surface area contributed by atoms with Crippen molar-refractivity contribution in [2.75, 3.05) is 17.7 Å². The van der Waals surface area contributed by atoms with E-state index in [1.807, 2.05) is 33.9 Å². The molecule has 1 fully saturated rings. The number of aromatic nitrogens is 2. The maximum atomic E-state index is 11.8. The van der Waals surface area contributed by atoms with Crippen LogP contribution in [-0.2, 0) is 4.74 Å². The molecule has 7 nitrogen and oxygen atoms in total. The van der Waals surface area contributed by atoms with Crippen molar-refractivity contribution < 1.29 is 9.53 Å². The van der Waals surface area contributed by atoms with Gasteiger partial charge in [0.05, 0.1) is 0 Å². The number of anilines is 2. The van der Waals surface area contributed by atoms with Crippen molar-refractivity contribution >= 4 is 17.9 Å². The van der Waals surface area contributed by atoms with Gasteiger partial charge in [-0.3, -0.25) is 0 Å².